The van der Waals surface area contributed by atoms with Crippen molar-refractivity contribution in [1.82, 2.24) is 0 Å². The summed E-state index contributed by atoms with van der Waals surface area (Å²) in [6, 6.07) is 9.38. The van der Waals surface area contributed by atoms with Crippen LogP contribution in [0, 0.1) is 0 Å². The second-order valence-corrected chi connectivity index (χ2v) is 19.1. The fraction of sp³-hybridized carbons (Fsp3) is 0.529. The van der Waals surface area contributed by atoms with Gasteiger partial charge in [-0.3, -0.25) is 0 Å². The molecule has 1 aromatic rings. The first-order valence-electron chi connectivity index (χ1n) is 7.26. The first-order valence-corrected chi connectivity index (χ1v) is 14.7. The zero-order chi connectivity index (χ0) is 14.8. The molecule has 0 saturated heterocycles. The molecule has 0 atom stereocenters. The first-order chi connectivity index (χ1) is 8.49. The van der Waals surface area contributed by atoms with E-state index in [2.05, 4.69) is 71.0 Å². The van der Waals surface area contributed by atoms with Crippen LogP contribution >= 0.6 is 0 Å². The summed E-state index contributed by atoms with van der Waals surface area (Å²) in [6.45, 7) is 21.1. The van der Waals surface area contributed by atoms with Gasteiger partial charge in [0.25, 0.3) is 0 Å². The third kappa shape index (κ3) is 5.49. The molecule has 0 bridgehead atoms. The standard InChI is InChI=1S/C17H30Si2/c1-14(2)16-11-9-10-15(12-18(3,4)5)17(16)13-19(6,7)8/h9-11H,1,12-13H2,2-8H3. The molecule has 0 N–H and O–H groups in total. The van der Waals surface area contributed by atoms with E-state index in [1.54, 1.807) is 11.1 Å². The Balaban J connectivity index is 3.30. The molecule has 1 rings (SSSR count). The molecule has 0 amide bonds. The highest BCUT2D eigenvalue weighted by Crippen LogP contribution is 2.27. The molecule has 106 valence electrons. The van der Waals surface area contributed by atoms with Crippen LogP contribution in [0.3, 0.4) is 0 Å². The van der Waals surface area contributed by atoms with Gasteiger partial charge in [-0.15, -0.1) is 0 Å². The molecule has 0 heterocycles. The number of allylic oxidation sites excluding steroid dienone is 1. The van der Waals surface area contributed by atoms with E-state index in [0.717, 1.165) is 0 Å². The topological polar surface area (TPSA) is 0 Å². The van der Waals surface area contributed by atoms with Crippen molar-refractivity contribution in [2.75, 3.05) is 0 Å². The van der Waals surface area contributed by atoms with E-state index in [1.807, 2.05) is 0 Å². The van der Waals surface area contributed by atoms with Crippen LogP contribution in [-0.2, 0) is 12.1 Å². The Morgan fingerprint density at radius 2 is 1.47 bits per heavy atom. The highest BCUT2D eigenvalue weighted by atomic mass is 28.3. The molecule has 0 spiro atoms. The summed E-state index contributed by atoms with van der Waals surface area (Å²) < 4.78 is 0. The highest BCUT2D eigenvalue weighted by Gasteiger charge is 2.22. The monoisotopic (exact) mass is 290 g/mol. The molecule has 19 heavy (non-hydrogen) atoms. The maximum Gasteiger partial charge on any atom is 0.0487 e. The summed E-state index contributed by atoms with van der Waals surface area (Å²) >= 11 is 0. The van der Waals surface area contributed by atoms with E-state index in [1.165, 1.54) is 23.2 Å². The molecule has 0 nitrogen and oxygen atoms in total. The third-order valence-corrected chi connectivity index (χ3v) is 6.02. The van der Waals surface area contributed by atoms with Crippen LogP contribution in [0.4, 0.5) is 0 Å². The normalized spacial score (nSPS) is 12.6. The molecule has 0 aliphatic heterocycles. The SMILES string of the molecule is C=C(C)c1cccc(C[Si](C)(C)C)c1C[Si](C)(C)C. The Hall–Kier alpha value is -0.606. The lowest BCUT2D eigenvalue weighted by molar-refractivity contribution is 1.18. The van der Waals surface area contributed by atoms with E-state index in [-0.39, 0.29) is 0 Å². The number of benzene rings is 1. The van der Waals surface area contributed by atoms with Crippen LogP contribution in [0.15, 0.2) is 24.8 Å². The molecule has 0 saturated carbocycles. The van der Waals surface area contributed by atoms with Crippen LogP contribution in [0.1, 0.15) is 23.6 Å². The smallest absolute Gasteiger partial charge is 0.0487 e. The Morgan fingerprint density at radius 1 is 0.947 bits per heavy atom. The summed E-state index contributed by atoms with van der Waals surface area (Å²) in [5.41, 5.74) is 5.79. The van der Waals surface area contributed by atoms with E-state index in [9.17, 15) is 0 Å². The third-order valence-electron chi connectivity index (χ3n) is 3.16. The lowest BCUT2D eigenvalue weighted by atomic mass is 9.99. The number of rotatable bonds is 5. The summed E-state index contributed by atoms with van der Waals surface area (Å²) in [4.78, 5) is 0. The van der Waals surface area contributed by atoms with E-state index < -0.39 is 16.1 Å². The van der Waals surface area contributed by atoms with Crippen LogP contribution in [0.25, 0.3) is 5.57 Å². The molecule has 0 aromatic heterocycles. The minimum Gasteiger partial charge on any atom is -0.0955 e. The van der Waals surface area contributed by atoms with Gasteiger partial charge < -0.3 is 0 Å². The van der Waals surface area contributed by atoms with Crippen molar-refractivity contribution < 1.29 is 0 Å². The highest BCUT2D eigenvalue weighted by molar-refractivity contribution is 6.76. The summed E-state index contributed by atoms with van der Waals surface area (Å²) in [5, 5.41) is 0. The van der Waals surface area contributed by atoms with Crippen LogP contribution in [-0.4, -0.2) is 16.1 Å². The second kappa shape index (κ2) is 5.80. The zero-order valence-corrected chi connectivity index (χ0v) is 15.9. The van der Waals surface area contributed by atoms with Crippen LogP contribution in [0.5, 0.6) is 0 Å². The molecule has 0 aliphatic carbocycles. The average molecular weight is 291 g/mol. The van der Waals surface area contributed by atoms with Crippen molar-refractivity contribution in [3.63, 3.8) is 0 Å². The molecule has 2 heteroatoms. The molecule has 0 unspecified atom stereocenters. The van der Waals surface area contributed by atoms with E-state index in [4.69, 9.17) is 0 Å². The van der Waals surface area contributed by atoms with Gasteiger partial charge in [0, 0.05) is 16.1 Å². The van der Waals surface area contributed by atoms with Crippen molar-refractivity contribution in [2.24, 2.45) is 0 Å². The quantitative estimate of drug-likeness (QED) is 0.623. The minimum absolute atomic E-state index is 1.08. The lowest BCUT2D eigenvalue weighted by Gasteiger charge is -2.25. The Morgan fingerprint density at radius 3 is 1.89 bits per heavy atom. The van der Waals surface area contributed by atoms with Gasteiger partial charge in [-0.1, -0.05) is 69.6 Å². The maximum atomic E-state index is 4.18. The van der Waals surface area contributed by atoms with Crippen LogP contribution < -0.4 is 0 Å². The molecular formula is C17H30Si2. The molecule has 0 fully saturated rings. The summed E-state index contributed by atoms with van der Waals surface area (Å²) in [5.74, 6) is 0. The Kier molecular flexibility index (Phi) is 5.02. The van der Waals surface area contributed by atoms with Crippen LogP contribution in [0.2, 0.25) is 39.3 Å². The van der Waals surface area contributed by atoms with Crippen molar-refractivity contribution in [3.8, 4) is 0 Å². The average Bonchev–Trinajstić information content (AvgIpc) is 2.15. The van der Waals surface area contributed by atoms with Crippen molar-refractivity contribution in [3.05, 3.63) is 41.5 Å². The first kappa shape index (κ1) is 16.4. The van der Waals surface area contributed by atoms with Gasteiger partial charge in [-0.2, -0.15) is 0 Å². The van der Waals surface area contributed by atoms with E-state index >= 15 is 0 Å². The predicted molar refractivity (Wildman–Crippen MR) is 95.3 cm³/mol. The lowest BCUT2D eigenvalue weighted by Crippen LogP contribution is -2.29. The summed E-state index contributed by atoms with van der Waals surface area (Å²) in [6.07, 6.45) is 0. The fourth-order valence-electron chi connectivity index (χ4n) is 2.51. The molecule has 0 aliphatic rings. The van der Waals surface area contributed by atoms with Gasteiger partial charge in [0.1, 0.15) is 0 Å². The summed E-state index contributed by atoms with van der Waals surface area (Å²) in [7, 11) is -2.18. The largest absolute Gasteiger partial charge is 0.0955 e. The predicted octanol–water partition coefficient (Wildman–Crippen LogP) is 5.56. The number of hydrogen-bond donors (Lipinski definition) is 0. The molecular weight excluding hydrogens is 260 g/mol. The minimum atomic E-state index is -1.11. The maximum absolute atomic E-state index is 4.18. The zero-order valence-electron chi connectivity index (χ0n) is 13.9. The Bertz CT molecular complexity index is 459. The van der Waals surface area contributed by atoms with Gasteiger partial charge in [0.15, 0.2) is 0 Å². The van der Waals surface area contributed by atoms with Gasteiger partial charge in [-0.25, -0.2) is 0 Å². The van der Waals surface area contributed by atoms with Crippen molar-refractivity contribution in [2.45, 2.75) is 58.3 Å². The van der Waals surface area contributed by atoms with E-state index in [0.29, 0.717) is 0 Å². The second-order valence-electron chi connectivity index (χ2n) is 8.20. The van der Waals surface area contributed by atoms with Crippen molar-refractivity contribution in [1.29, 1.82) is 0 Å². The van der Waals surface area contributed by atoms with Crippen molar-refractivity contribution >= 4 is 21.7 Å². The van der Waals surface area contributed by atoms with Gasteiger partial charge in [0.2, 0.25) is 0 Å². The van der Waals surface area contributed by atoms with Gasteiger partial charge in [0.05, 0.1) is 0 Å². The van der Waals surface area contributed by atoms with Gasteiger partial charge in [-0.05, 0) is 35.7 Å². The van der Waals surface area contributed by atoms with Gasteiger partial charge >= 0.3 is 0 Å². The molecule has 0 radical (unpaired) electrons. The molecule has 1 aromatic carbocycles. The Labute approximate surface area is 122 Å². The fourth-order valence-corrected chi connectivity index (χ4v) is 5.46. The number of hydrogen-bond acceptors (Lipinski definition) is 0.